The normalized spacial score (nSPS) is 11.3. The van der Waals surface area contributed by atoms with Crippen LogP contribution in [0.15, 0.2) is 89.3 Å². The van der Waals surface area contributed by atoms with E-state index in [9.17, 15) is 0 Å². The van der Waals surface area contributed by atoms with Crippen molar-refractivity contribution >= 4 is 22.0 Å². The minimum absolute atomic E-state index is 0.835. The third-order valence-corrected chi connectivity index (χ3v) is 4.75. The van der Waals surface area contributed by atoms with E-state index in [1.54, 1.807) is 0 Å². The quantitative estimate of drug-likeness (QED) is 0.418. The van der Waals surface area contributed by atoms with Crippen LogP contribution in [0.1, 0.15) is 0 Å². The summed E-state index contributed by atoms with van der Waals surface area (Å²) in [5.41, 5.74) is 6.01. The van der Waals surface area contributed by atoms with Crippen molar-refractivity contribution in [3.63, 3.8) is 0 Å². The summed E-state index contributed by atoms with van der Waals surface area (Å²) in [5, 5.41) is 1.09. The van der Waals surface area contributed by atoms with Crippen molar-refractivity contribution in [1.29, 1.82) is 0 Å². The second kappa shape index (κ2) is 5.81. The van der Waals surface area contributed by atoms with Gasteiger partial charge in [0.25, 0.3) is 5.52 Å². The lowest BCUT2D eigenvalue weighted by Gasteiger charge is -2.06. The number of hydrogen-bond donors (Lipinski definition) is 0. The molecule has 3 aromatic carbocycles. The molecule has 0 saturated carbocycles. The highest BCUT2D eigenvalue weighted by Crippen LogP contribution is 2.32. The van der Waals surface area contributed by atoms with Crippen LogP contribution in [0.4, 0.5) is 0 Å². The van der Waals surface area contributed by atoms with Crippen LogP contribution >= 0.6 is 0 Å². The molecule has 2 heterocycles. The molecule has 124 valence electrons. The molecule has 0 aliphatic heterocycles. The number of hydrogen-bond acceptors (Lipinski definition) is 2. The minimum Gasteiger partial charge on any atom is -0.398 e. The Kier molecular flexibility index (Phi) is 3.32. The van der Waals surface area contributed by atoms with Gasteiger partial charge in [-0.3, -0.25) is 0 Å². The molecule has 26 heavy (non-hydrogen) atoms. The number of fused-ring (bicyclic) bond motifs is 2. The third-order valence-electron chi connectivity index (χ3n) is 4.75. The lowest BCUT2D eigenvalue weighted by Crippen LogP contribution is -2.28. The molecule has 0 atom stereocenters. The van der Waals surface area contributed by atoms with Crippen LogP contribution in [0, 0.1) is 0 Å². The molecule has 0 bridgehead atoms. The van der Waals surface area contributed by atoms with Crippen molar-refractivity contribution in [3.8, 4) is 22.7 Å². The number of para-hydroxylation sites is 3. The Morgan fingerprint density at radius 2 is 1.54 bits per heavy atom. The predicted octanol–water partition coefficient (Wildman–Crippen LogP) is 5.14. The first-order valence-corrected chi connectivity index (χ1v) is 8.64. The summed E-state index contributed by atoms with van der Waals surface area (Å²) in [6.45, 7) is 0. The van der Waals surface area contributed by atoms with Gasteiger partial charge in [0, 0.05) is 17.0 Å². The molecule has 0 spiro atoms. The van der Waals surface area contributed by atoms with E-state index >= 15 is 0 Å². The summed E-state index contributed by atoms with van der Waals surface area (Å²) >= 11 is 0. The monoisotopic (exact) mass is 337 g/mol. The number of pyridine rings is 1. The standard InChI is InChI=1S/C23H17N2O/c1-25-21-13-7-8-14-22(21)26-23(25)18-15-20(16-9-3-2-4-10-16)24-19-12-6-5-11-17(18)19/h2-15H,1H3/q+1. The first-order valence-electron chi connectivity index (χ1n) is 8.64. The van der Waals surface area contributed by atoms with Gasteiger partial charge < -0.3 is 4.42 Å². The maximum absolute atomic E-state index is 6.22. The topological polar surface area (TPSA) is 29.9 Å². The zero-order valence-corrected chi connectivity index (χ0v) is 14.4. The molecule has 3 nitrogen and oxygen atoms in total. The van der Waals surface area contributed by atoms with Gasteiger partial charge in [-0.25, -0.2) is 4.98 Å². The Bertz CT molecular complexity index is 1240. The Morgan fingerprint density at radius 3 is 2.38 bits per heavy atom. The van der Waals surface area contributed by atoms with Crippen molar-refractivity contribution < 1.29 is 8.98 Å². The van der Waals surface area contributed by atoms with Crippen molar-refractivity contribution in [1.82, 2.24) is 4.98 Å². The van der Waals surface area contributed by atoms with E-state index < -0.39 is 0 Å². The highest BCUT2D eigenvalue weighted by molar-refractivity contribution is 5.94. The molecule has 0 amide bonds. The fourth-order valence-corrected chi connectivity index (χ4v) is 3.45. The van der Waals surface area contributed by atoms with E-state index in [0.29, 0.717) is 0 Å². The minimum atomic E-state index is 0.835. The first kappa shape index (κ1) is 14.8. The average Bonchev–Trinajstić information content (AvgIpc) is 3.04. The van der Waals surface area contributed by atoms with Crippen molar-refractivity contribution in [3.05, 3.63) is 84.9 Å². The first-order chi connectivity index (χ1) is 12.8. The van der Waals surface area contributed by atoms with Gasteiger partial charge in [-0.15, -0.1) is 0 Å². The summed E-state index contributed by atoms with van der Waals surface area (Å²) in [6, 6.07) is 28.7. The maximum Gasteiger partial charge on any atom is 0.382 e. The van der Waals surface area contributed by atoms with Crippen LogP contribution in [0.2, 0.25) is 0 Å². The molecular weight excluding hydrogens is 320 g/mol. The molecule has 0 N–H and O–H groups in total. The van der Waals surface area contributed by atoms with Crippen LogP contribution in [0.3, 0.4) is 0 Å². The van der Waals surface area contributed by atoms with Gasteiger partial charge in [0.1, 0.15) is 7.05 Å². The van der Waals surface area contributed by atoms with Gasteiger partial charge in [0.2, 0.25) is 5.58 Å². The SMILES string of the molecule is C[n+]1c(-c2cc(-c3ccccc3)nc3ccccc23)oc2ccccc21. The fourth-order valence-electron chi connectivity index (χ4n) is 3.45. The van der Waals surface area contributed by atoms with Crippen molar-refractivity contribution in [2.45, 2.75) is 0 Å². The molecule has 5 aromatic rings. The summed E-state index contributed by atoms with van der Waals surface area (Å²) in [7, 11) is 2.04. The molecule has 0 fully saturated rings. The van der Waals surface area contributed by atoms with E-state index in [1.807, 2.05) is 61.6 Å². The summed E-state index contributed by atoms with van der Waals surface area (Å²) in [5.74, 6) is 0.835. The van der Waals surface area contributed by atoms with Crippen LogP contribution in [0.5, 0.6) is 0 Å². The Morgan fingerprint density at radius 1 is 0.808 bits per heavy atom. The maximum atomic E-state index is 6.22. The number of rotatable bonds is 2. The zero-order valence-electron chi connectivity index (χ0n) is 14.4. The van der Waals surface area contributed by atoms with E-state index in [0.717, 1.165) is 44.7 Å². The number of nitrogens with zero attached hydrogens (tertiary/aromatic N) is 2. The number of aromatic nitrogens is 2. The molecule has 0 aliphatic rings. The number of benzene rings is 3. The van der Waals surface area contributed by atoms with Crippen LogP contribution in [-0.2, 0) is 7.05 Å². The van der Waals surface area contributed by atoms with E-state index in [-0.39, 0.29) is 0 Å². The number of aryl methyl sites for hydroxylation is 1. The lowest BCUT2D eigenvalue weighted by molar-refractivity contribution is -0.637. The smallest absolute Gasteiger partial charge is 0.382 e. The fraction of sp³-hybridized carbons (Fsp3) is 0.0435. The summed E-state index contributed by atoms with van der Waals surface area (Å²) < 4.78 is 8.32. The average molecular weight is 337 g/mol. The van der Waals surface area contributed by atoms with Crippen LogP contribution < -0.4 is 4.57 Å². The summed E-state index contributed by atoms with van der Waals surface area (Å²) in [6.07, 6.45) is 0. The second-order valence-electron chi connectivity index (χ2n) is 6.37. The molecule has 0 aliphatic carbocycles. The lowest BCUT2D eigenvalue weighted by atomic mass is 10.0. The summed E-state index contributed by atoms with van der Waals surface area (Å²) in [4.78, 5) is 4.86. The molecule has 0 saturated heterocycles. The van der Waals surface area contributed by atoms with Crippen LogP contribution in [-0.4, -0.2) is 4.98 Å². The highest BCUT2D eigenvalue weighted by Gasteiger charge is 2.23. The van der Waals surface area contributed by atoms with Gasteiger partial charge in [-0.2, -0.15) is 4.57 Å². The zero-order chi connectivity index (χ0) is 17.5. The van der Waals surface area contributed by atoms with Gasteiger partial charge in [0.05, 0.1) is 16.8 Å². The van der Waals surface area contributed by atoms with Crippen molar-refractivity contribution in [2.24, 2.45) is 7.05 Å². The van der Waals surface area contributed by atoms with Gasteiger partial charge in [-0.1, -0.05) is 60.7 Å². The van der Waals surface area contributed by atoms with Crippen LogP contribution in [0.25, 0.3) is 44.7 Å². The molecule has 5 rings (SSSR count). The third kappa shape index (κ3) is 2.29. The molecule has 3 heteroatoms. The van der Waals surface area contributed by atoms with E-state index in [4.69, 9.17) is 9.40 Å². The number of oxazole rings is 1. The molecular formula is C23H17N2O+. The molecule has 2 aromatic heterocycles. The Labute approximate surface area is 151 Å². The van der Waals surface area contributed by atoms with E-state index in [2.05, 4.69) is 34.9 Å². The predicted molar refractivity (Wildman–Crippen MR) is 104 cm³/mol. The second-order valence-corrected chi connectivity index (χ2v) is 6.37. The Hall–Kier alpha value is -3.46. The largest absolute Gasteiger partial charge is 0.398 e. The molecule has 0 unspecified atom stereocenters. The van der Waals surface area contributed by atoms with Crippen molar-refractivity contribution in [2.75, 3.05) is 0 Å². The Balaban J connectivity index is 1.85. The van der Waals surface area contributed by atoms with Gasteiger partial charge in [-0.05, 0) is 18.2 Å². The van der Waals surface area contributed by atoms with Gasteiger partial charge >= 0.3 is 5.89 Å². The van der Waals surface area contributed by atoms with E-state index in [1.165, 1.54) is 0 Å². The highest BCUT2D eigenvalue weighted by atomic mass is 16.4. The molecule has 0 radical (unpaired) electrons. The van der Waals surface area contributed by atoms with Gasteiger partial charge in [0.15, 0.2) is 0 Å².